The van der Waals surface area contributed by atoms with Crippen LogP contribution in [0, 0.1) is 10.8 Å². The standard InChI is InChI=1S/C23H29N5O4/c1-15(24)28-11-8-19(9-12-28)32-18-5-2-16(3-6-18)23(30)27-10-13-31-21-14-17(22(25)26)4-7-20(21)29/h2-7,14,19,24,29H,8-13H2,1H3,(H3,25,26)(H,27,30). The summed E-state index contributed by atoms with van der Waals surface area (Å²) in [5, 5.41) is 27.7. The third-order valence-electron chi connectivity index (χ3n) is 5.25. The molecule has 9 nitrogen and oxygen atoms in total. The third kappa shape index (κ3) is 6.13. The quantitative estimate of drug-likeness (QED) is 0.242. The fraction of sp³-hybridized carbons (Fsp3) is 0.348. The first-order chi connectivity index (χ1) is 15.3. The maximum atomic E-state index is 12.3. The van der Waals surface area contributed by atoms with Crippen LogP contribution in [0.25, 0.3) is 0 Å². The summed E-state index contributed by atoms with van der Waals surface area (Å²) in [7, 11) is 0. The molecule has 0 spiro atoms. The Labute approximate surface area is 187 Å². The Balaban J connectivity index is 1.43. The van der Waals surface area contributed by atoms with Crippen LogP contribution in [0.2, 0.25) is 0 Å². The molecule has 32 heavy (non-hydrogen) atoms. The van der Waals surface area contributed by atoms with E-state index in [4.69, 9.17) is 26.0 Å². The summed E-state index contributed by atoms with van der Waals surface area (Å²) in [6.07, 6.45) is 1.84. The SMILES string of the molecule is CC(=N)N1CCC(Oc2ccc(C(=O)NCCOc3cc(C(=N)N)ccc3O)cc2)CC1. The average Bonchev–Trinajstić information content (AvgIpc) is 2.78. The molecule has 1 amide bonds. The van der Waals surface area contributed by atoms with Crippen LogP contribution in [0.3, 0.4) is 0 Å². The highest BCUT2D eigenvalue weighted by molar-refractivity contribution is 5.95. The lowest BCUT2D eigenvalue weighted by molar-refractivity contribution is 0.0946. The van der Waals surface area contributed by atoms with Crippen molar-refractivity contribution in [1.29, 1.82) is 10.8 Å². The van der Waals surface area contributed by atoms with Crippen LogP contribution in [-0.4, -0.2) is 59.9 Å². The average molecular weight is 440 g/mol. The van der Waals surface area contributed by atoms with Crippen molar-refractivity contribution < 1.29 is 19.4 Å². The highest BCUT2D eigenvalue weighted by atomic mass is 16.5. The Kier molecular flexibility index (Phi) is 7.54. The molecule has 9 heteroatoms. The molecule has 3 rings (SSSR count). The minimum absolute atomic E-state index is 0.0597. The number of rotatable bonds is 8. The molecule has 1 fully saturated rings. The Morgan fingerprint density at radius 2 is 1.81 bits per heavy atom. The summed E-state index contributed by atoms with van der Waals surface area (Å²) < 4.78 is 11.5. The van der Waals surface area contributed by atoms with Crippen molar-refractivity contribution in [2.75, 3.05) is 26.2 Å². The lowest BCUT2D eigenvalue weighted by Gasteiger charge is -2.32. The molecular formula is C23H29N5O4. The number of nitrogens with zero attached hydrogens (tertiary/aromatic N) is 1. The molecule has 0 unspecified atom stereocenters. The van der Waals surface area contributed by atoms with Crippen molar-refractivity contribution in [2.24, 2.45) is 5.73 Å². The highest BCUT2D eigenvalue weighted by Gasteiger charge is 2.20. The van der Waals surface area contributed by atoms with Crippen LogP contribution < -0.4 is 20.5 Å². The van der Waals surface area contributed by atoms with Gasteiger partial charge in [-0.15, -0.1) is 0 Å². The maximum absolute atomic E-state index is 12.3. The number of amidine groups is 2. The monoisotopic (exact) mass is 439 g/mol. The Hall–Kier alpha value is -3.75. The molecular weight excluding hydrogens is 410 g/mol. The zero-order valence-electron chi connectivity index (χ0n) is 18.1. The highest BCUT2D eigenvalue weighted by Crippen LogP contribution is 2.26. The first-order valence-corrected chi connectivity index (χ1v) is 10.5. The van der Waals surface area contributed by atoms with Gasteiger partial charge in [-0.25, -0.2) is 0 Å². The lowest BCUT2D eigenvalue weighted by atomic mass is 10.1. The number of aromatic hydroxyl groups is 1. The van der Waals surface area contributed by atoms with Crippen LogP contribution in [0.15, 0.2) is 42.5 Å². The molecule has 0 aromatic heterocycles. The van der Waals surface area contributed by atoms with Crippen molar-refractivity contribution in [3.8, 4) is 17.2 Å². The second-order valence-corrected chi connectivity index (χ2v) is 7.61. The van der Waals surface area contributed by atoms with Gasteiger partial charge < -0.3 is 30.5 Å². The van der Waals surface area contributed by atoms with Crippen LogP contribution in [-0.2, 0) is 0 Å². The number of carbonyl (C=O) groups is 1. The summed E-state index contributed by atoms with van der Waals surface area (Å²) >= 11 is 0. The van der Waals surface area contributed by atoms with Crippen molar-refractivity contribution in [3.05, 3.63) is 53.6 Å². The van der Waals surface area contributed by atoms with E-state index in [0.717, 1.165) is 31.7 Å². The first kappa shape index (κ1) is 22.9. The van der Waals surface area contributed by atoms with E-state index in [0.29, 0.717) is 17.0 Å². The van der Waals surface area contributed by atoms with E-state index in [1.807, 2.05) is 4.90 Å². The Morgan fingerprint density at radius 3 is 2.44 bits per heavy atom. The normalized spacial score (nSPS) is 14.0. The van der Waals surface area contributed by atoms with Gasteiger partial charge in [0.25, 0.3) is 5.91 Å². The zero-order chi connectivity index (χ0) is 23.1. The predicted octanol–water partition coefficient (Wildman–Crippen LogP) is 2.33. The summed E-state index contributed by atoms with van der Waals surface area (Å²) in [4.78, 5) is 14.4. The van der Waals surface area contributed by atoms with Gasteiger partial charge in [0, 0.05) is 37.1 Å². The second-order valence-electron chi connectivity index (χ2n) is 7.61. The van der Waals surface area contributed by atoms with Crippen molar-refractivity contribution in [2.45, 2.75) is 25.9 Å². The molecule has 0 atom stereocenters. The van der Waals surface area contributed by atoms with E-state index in [9.17, 15) is 9.90 Å². The molecule has 1 saturated heterocycles. The van der Waals surface area contributed by atoms with Crippen LogP contribution in [0.4, 0.5) is 0 Å². The number of carbonyl (C=O) groups excluding carboxylic acids is 1. The van der Waals surface area contributed by atoms with E-state index in [1.54, 1.807) is 31.2 Å². The number of piperidine rings is 1. The fourth-order valence-electron chi connectivity index (χ4n) is 3.41. The van der Waals surface area contributed by atoms with Gasteiger partial charge in [-0.2, -0.15) is 0 Å². The predicted molar refractivity (Wildman–Crippen MR) is 122 cm³/mol. The van der Waals surface area contributed by atoms with Gasteiger partial charge in [0.15, 0.2) is 11.5 Å². The lowest BCUT2D eigenvalue weighted by Crippen LogP contribution is -2.40. The van der Waals surface area contributed by atoms with Gasteiger partial charge in [-0.1, -0.05) is 0 Å². The molecule has 0 saturated carbocycles. The number of nitrogen functional groups attached to an aromatic ring is 1. The van der Waals surface area contributed by atoms with Gasteiger partial charge >= 0.3 is 0 Å². The van der Waals surface area contributed by atoms with E-state index < -0.39 is 0 Å². The van der Waals surface area contributed by atoms with Crippen molar-refractivity contribution in [1.82, 2.24) is 10.2 Å². The minimum Gasteiger partial charge on any atom is -0.504 e. The number of benzene rings is 2. The van der Waals surface area contributed by atoms with Gasteiger partial charge in [0.2, 0.25) is 0 Å². The molecule has 2 aromatic rings. The van der Waals surface area contributed by atoms with Crippen molar-refractivity contribution >= 4 is 17.6 Å². The number of phenolic OH excluding ortho intramolecular Hbond substituents is 1. The van der Waals surface area contributed by atoms with Crippen LogP contribution in [0.1, 0.15) is 35.7 Å². The number of phenols is 1. The number of hydrogen-bond donors (Lipinski definition) is 5. The number of ether oxygens (including phenoxy) is 2. The van der Waals surface area contributed by atoms with Gasteiger partial charge in [0.05, 0.1) is 12.4 Å². The summed E-state index contributed by atoms with van der Waals surface area (Å²) in [6, 6.07) is 11.4. The summed E-state index contributed by atoms with van der Waals surface area (Å²) in [5.41, 5.74) is 6.39. The molecule has 0 aliphatic carbocycles. The number of hydrogen-bond acceptors (Lipinski definition) is 6. The summed E-state index contributed by atoms with van der Waals surface area (Å²) in [6.45, 7) is 3.83. The second kappa shape index (κ2) is 10.5. The molecule has 0 bridgehead atoms. The van der Waals surface area contributed by atoms with Crippen LogP contribution >= 0.6 is 0 Å². The van der Waals surface area contributed by atoms with E-state index in [1.165, 1.54) is 18.2 Å². The van der Waals surface area contributed by atoms with Gasteiger partial charge in [-0.3, -0.25) is 15.6 Å². The van der Waals surface area contributed by atoms with E-state index in [-0.39, 0.29) is 42.5 Å². The largest absolute Gasteiger partial charge is 0.504 e. The van der Waals surface area contributed by atoms with E-state index in [2.05, 4.69) is 5.32 Å². The number of amides is 1. The Bertz CT molecular complexity index is 969. The smallest absolute Gasteiger partial charge is 0.251 e. The molecule has 1 heterocycles. The van der Waals surface area contributed by atoms with Gasteiger partial charge in [-0.05, 0) is 49.4 Å². The molecule has 1 aliphatic rings. The number of nitrogens with one attached hydrogen (secondary N) is 3. The fourth-order valence-corrected chi connectivity index (χ4v) is 3.41. The Morgan fingerprint density at radius 1 is 1.16 bits per heavy atom. The van der Waals surface area contributed by atoms with Crippen LogP contribution in [0.5, 0.6) is 17.2 Å². The first-order valence-electron chi connectivity index (χ1n) is 10.5. The molecule has 2 aromatic carbocycles. The number of likely N-dealkylation sites (tertiary alicyclic amines) is 1. The van der Waals surface area contributed by atoms with Gasteiger partial charge in [0.1, 0.15) is 24.3 Å². The van der Waals surface area contributed by atoms with E-state index >= 15 is 0 Å². The minimum atomic E-state index is -0.239. The number of nitrogens with two attached hydrogens (primary N) is 1. The summed E-state index contributed by atoms with van der Waals surface area (Å²) in [5.74, 6) is 1.09. The third-order valence-corrected chi connectivity index (χ3v) is 5.25. The topological polar surface area (TPSA) is 145 Å². The zero-order valence-corrected chi connectivity index (χ0v) is 18.1. The molecule has 170 valence electrons. The van der Waals surface area contributed by atoms with Crippen molar-refractivity contribution in [3.63, 3.8) is 0 Å². The molecule has 6 N–H and O–H groups in total. The molecule has 0 radical (unpaired) electrons. The maximum Gasteiger partial charge on any atom is 0.251 e. The molecule has 1 aliphatic heterocycles.